The predicted molar refractivity (Wildman–Crippen MR) is 136 cm³/mol. The molecule has 0 amide bonds. The molecule has 8 nitrogen and oxygen atoms in total. The lowest BCUT2D eigenvalue weighted by Gasteiger charge is -2.27. The summed E-state index contributed by atoms with van der Waals surface area (Å²) in [5, 5.41) is 13.5. The van der Waals surface area contributed by atoms with Gasteiger partial charge >= 0.3 is 0 Å². The van der Waals surface area contributed by atoms with Crippen molar-refractivity contribution in [1.82, 2.24) is 10.3 Å². The van der Waals surface area contributed by atoms with Crippen LogP contribution >= 0.6 is 0 Å². The second-order valence-electron chi connectivity index (χ2n) is 8.89. The second-order valence-corrected chi connectivity index (χ2v) is 10.6. The van der Waals surface area contributed by atoms with Crippen molar-refractivity contribution in [2.45, 2.75) is 49.7 Å². The molecule has 0 saturated heterocycles. The Morgan fingerprint density at radius 2 is 1.89 bits per heavy atom. The molecule has 2 atom stereocenters. The van der Waals surface area contributed by atoms with Gasteiger partial charge in [-0.3, -0.25) is 9.71 Å². The number of rotatable bonds is 9. The molecule has 0 radical (unpaired) electrons. The number of pyridine rings is 1. The van der Waals surface area contributed by atoms with Crippen LogP contribution in [-0.2, 0) is 16.4 Å². The molecule has 4 rings (SSSR count). The standard InChI is InChI=1S/C26H31N3O4S.H2O/c1-18(2)19-5-8-22(9-6-19)29-34(31,32)24-11-12-26-20(14-24)7-10-23(33-26)16-28-17-25(30)21-4-3-13-27-15-21;/h3-6,8-9,11-15,18,23,25,28-30H,7,10,16-17H2,1-2H3;1H2/t23?,25-;/m0./s1. The third kappa shape index (κ3) is 6.79. The molecule has 3 aromatic rings. The third-order valence-electron chi connectivity index (χ3n) is 5.98. The minimum Gasteiger partial charge on any atom is -0.489 e. The fourth-order valence-electron chi connectivity index (χ4n) is 3.95. The second kappa shape index (κ2) is 11.6. The number of aryl methyl sites for hydroxylation is 1. The number of benzene rings is 2. The quantitative estimate of drug-likeness (QED) is 0.414. The van der Waals surface area contributed by atoms with Gasteiger partial charge in [0.2, 0.25) is 0 Å². The first-order valence-corrected chi connectivity index (χ1v) is 13.0. The lowest BCUT2D eigenvalue weighted by Crippen LogP contribution is -2.36. The third-order valence-corrected chi connectivity index (χ3v) is 7.36. The maximum absolute atomic E-state index is 12.9. The number of anilines is 1. The summed E-state index contributed by atoms with van der Waals surface area (Å²) in [7, 11) is -3.69. The summed E-state index contributed by atoms with van der Waals surface area (Å²) < 4.78 is 34.5. The molecule has 2 aromatic carbocycles. The van der Waals surface area contributed by atoms with Crippen molar-refractivity contribution in [2.24, 2.45) is 0 Å². The lowest BCUT2D eigenvalue weighted by atomic mass is 10.0. The van der Waals surface area contributed by atoms with Crippen LogP contribution in [0.5, 0.6) is 5.75 Å². The Kier molecular flexibility index (Phi) is 8.85. The Hall–Kier alpha value is -2.98. The number of sulfonamides is 1. The molecular formula is C26H33N3O5S. The number of ether oxygens (including phenoxy) is 1. The molecule has 0 aliphatic carbocycles. The molecule has 0 saturated carbocycles. The van der Waals surface area contributed by atoms with Gasteiger partial charge in [0.25, 0.3) is 10.0 Å². The van der Waals surface area contributed by atoms with E-state index in [4.69, 9.17) is 4.74 Å². The van der Waals surface area contributed by atoms with Crippen LogP contribution in [0.3, 0.4) is 0 Å². The van der Waals surface area contributed by atoms with E-state index < -0.39 is 16.1 Å². The average Bonchev–Trinajstić information content (AvgIpc) is 2.84. The molecular weight excluding hydrogens is 466 g/mol. The summed E-state index contributed by atoms with van der Waals surface area (Å²) in [4.78, 5) is 4.25. The van der Waals surface area contributed by atoms with Crippen LogP contribution in [0, 0.1) is 0 Å². The average molecular weight is 500 g/mol. The van der Waals surface area contributed by atoms with Gasteiger partial charge in [0.15, 0.2) is 0 Å². The Morgan fingerprint density at radius 1 is 1.11 bits per heavy atom. The highest BCUT2D eigenvalue weighted by Crippen LogP contribution is 2.30. The summed E-state index contributed by atoms with van der Waals surface area (Å²) >= 11 is 0. The van der Waals surface area contributed by atoms with Crippen molar-refractivity contribution < 1.29 is 23.7 Å². The van der Waals surface area contributed by atoms with Crippen molar-refractivity contribution in [3.05, 3.63) is 83.7 Å². The zero-order chi connectivity index (χ0) is 24.1. The molecule has 0 bridgehead atoms. The number of hydrogen-bond acceptors (Lipinski definition) is 6. The molecule has 0 fully saturated rings. The molecule has 188 valence electrons. The first-order chi connectivity index (χ1) is 16.3. The van der Waals surface area contributed by atoms with E-state index in [2.05, 4.69) is 28.9 Å². The first-order valence-electron chi connectivity index (χ1n) is 11.5. The lowest BCUT2D eigenvalue weighted by molar-refractivity contribution is 0.146. The highest BCUT2D eigenvalue weighted by Gasteiger charge is 2.23. The van der Waals surface area contributed by atoms with Crippen LogP contribution in [0.25, 0.3) is 0 Å². The molecule has 35 heavy (non-hydrogen) atoms. The van der Waals surface area contributed by atoms with E-state index in [-0.39, 0.29) is 16.5 Å². The van der Waals surface area contributed by atoms with Gasteiger partial charge in [-0.2, -0.15) is 0 Å². The minimum atomic E-state index is -3.69. The summed E-state index contributed by atoms with van der Waals surface area (Å²) in [5.74, 6) is 1.09. The van der Waals surface area contributed by atoms with E-state index in [1.54, 1.807) is 48.8 Å². The normalized spacial score (nSPS) is 16.1. The van der Waals surface area contributed by atoms with Gasteiger partial charge in [0, 0.05) is 36.7 Å². The first kappa shape index (κ1) is 26.6. The molecule has 1 aliphatic heterocycles. The van der Waals surface area contributed by atoms with Gasteiger partial charge in [-0.15, -0.1) is 0 Å². The summed E-state index contributed by atoms with van der Waals surface area (Å²) in [6, 6.07) is 16.1. The Labute approximate surface area is 206 Å². The van der Waals surface area contributed by atoms with Crippen molar-refractivity contribution in [3.63, 3.8) is 0 Å². The highest BCUT2D eigenvalue weighted by atomic mass is 32.2. The number of fused-ring (bicyclic) bond motifs is 1. The van der Waals surface area contributed by atoms with E-state index in [1.165, 1.54) is 0 Å². The molecule has 5 N–H and O–H groups in total. The smallest absolute Gasteiger partial charge is 0.261 e. The number of nitrogens with one attached hydrogen (secondary N) is 2. The zero-order valence-electron chi connectivity index (χ0n) is 19.9. The van der Waals surface area contributed by atoms with Crippen LogP contribution in [0.1, 0.15) is 49.0 Å². The topological polar surface area (TPSA) is 132 Å². The number of hydrogen-bond donors (Lipinski definition) is 3. The van der Waals surface area contributed by atoms with Crippen LogP contribution in [0.2, 0.25) is 0 Å². The predicted octanol–water partition coefficient (Wildman–Crippen LogP) is 3.20. The largest absolute Gasteiger partial charge is 0.489 e. The summed E-state index contributed by atoms with van der Waals surface area (Å²) in [5.41, 5.74) is 3.34. The van der Waals surface area contributed by atoms with Gasteiger partial charge in [0.1, 0.15) is 11.9 Å². The Balaban J connectivity index is 0.00000342. The van der Waals surface area contributed by atoms with Crippen molar-refractivity contribution in [1.29, 1.82) is 0 Å². The minimum absolute atomic E-state index is 0. The Bertz CT molecular complexity index is 1200. The summed E-state index contributed by atoms with van der Waals surface area (Å²) in [6.45, 7) is 5.19. The van der Waals surface area contributed by atoms with Gasteiger partial charge < -0.3 is 20.6 Å². The summed E-state index contributed by atoms with van der Waals surface area (Å²) in [6.07, 6.45) is 4.13. The van der Waals surface area contributed by atoms with Gasteiger partial charge in [0.05, 0.1) is 11.0 Å². The van der Waals surface area contributed by atoms with E-state index in [9.17, 15) is 13.5 Å². The molecule has 1 unspecified atom stereocenters. The fourth-order valence-corrected chi connectivity index (χ4v) is 5.06. The van der Waals surface area contributed by atoms with Gasteiger partial charge in [-0.1, -0.05) is 32.0 Å². The maximum Gasteiger partial charge on any atom is 0.261 e. The van der Waals surface area contributed by atoms with Crippen molar-refractivity contribution >= 4 is 15.7 Å². The molecule has 0 spiro atoms. The number of aliphatic hydroxyl groups is 1. The highest BCUT2D eigenvalue weighted by molar-refractivity contribution is 7.92. The van der Waals surface area contributed by atoms with Crippen LogP contribution < -0.4 is 14.8 Å². The van der Waals surface area contributed by atoms with Crippen molar-refractivity contribution in [2.75, 3.05) is 17.8 Å². The van der Waals surface area contributed by atoms with Gasteiger partial charge in [-0.05, 0) is 66.3 Å². The zero-order valence-corrected chi connectivity index (χ0v) is 20.8. The van der Waals surface area contributed by atoms with Crippen LogP contribution in [0.4, 0.5) is 5.69 Å². The van der Waals surface area contributed by atoms with E-state index in [1.807, 2.05) is 18.2 Å². The van der Waals surface area contributed by atoms with E-state index in [0.29, 0.717) is 30.4 Å². The van der Waals surface area contributed by atoms with Crippen LogP contribution in [0.15, 0.2) is 71.9 Å². The monoisotopic (exact) mass is 499 g/mol. The fraction of sp³-hybridized carbons (Fsp3) is 0.346. The number of aliphatic hydroxyl groups excluding tert-OH is 1. The molecule has 9 heteroatoms. The van der Waals surface area contributed by atoms with Gasteiger partial charge in [-0.25, -0.2) is 8.42 Å². The number of aromatic nitrogens is 1. The molecule has 1 aliphatic rings. The van der Waals surface area contributed by atoms with Crippen molar-refractivity contribution in [3.8, 4) is 5.75 Å². The molecule has 1 aromatic heterocycles. The van der Waals surface area contributed by atoms with E-state index in [0.717, 1.165) is 29.5 Å². The maximum atomic E-state index is 12.9. The number of nitrogens with zero attached hydrogens (tertiary/aromatic N) is 1. The Morgan fingerprint density at radius 3 is 2.57 bits per heavy atom. The molecule has 2 heterocycles. The van der Waals surface area contributed by atoms with Crippen LogP contribution in [-0.4, -0.2) is 43.2 Å². The van der Waals surface area contributed by atoms with E-state index >= 15 is 0 Å². The SMILES string of the molecule is CC(C)c1ccc(NS(=O)(=O)c2ccc3c(c2)CCC(CNC[C@H](O)c2cccnc2)O3)cc1.O.